The summed E-state index contributed by atoms with van der Waals surface area (Å²) in [5.74, 6) is 1.41. The molecule has 4 heteroatoms. The normalized spacial score (nSPS) is 19.0. The van der Waals surface area contributed by atoms with Crippen LogP contribution in [0.3, 0.4) is 0 Å². The standard InChI is InChI=1S/C17H22N2OS/c1-12(17-18-8-9-21-17)11-19-16-5-3-4-13-6-7-14(20-2)10-15(13)16/h6-10,12,16,19H,3-5,11H2,1-2H3. The summed E-state index contributed by atoms with van der Waals surface area (Å²) >= 11 is 1.74. The molecule has 1 aliphatic rings. The fraction of sp³-hybridized carbons (Fsp3) is 0.471. The van der Waals surface area contributed by atoms with Crippen molar-refractivity contribution >= 4 is 11.3 Å². The van der Waals surface area contributed by atoms with E-state index in [1.54, 1.807) is 18.4 Å². The number of thiazole rings is 1. The number of nitrogens with one attached hydrogen (secondary N) is 1. The van der Waals surface area contributed by atoms with E-state index in [2.05, 4.69) is 35.4 Å². The molecule has 0 aliphatic heterocycles. The van der Waals surface area contributed by atoms with Crippen LogP contribution in [0.1, 0.15) is 47.9 Å². The third kappa shape index (κ3) is 3.27. The Morgan fingerprint density at radius 2 is 2.38 bits per heavy atom. The highest BCUT2D eigenvalue weighted by molar-refractivity contribution is 7.09. The first kappa shape index (κ1) is 14.5. The SMILES string of the molecule is COc1ccc2c(c1)C(NCC(C)c1nccs1)CCC2. The summed E-state index contributed by atoms with van der Waals surface area (Å²) in [5, 5.41) is 6.99. The number of hydrogen-bond acceptors (Lipinski definition) is 4. The minimum Gasteiger partial charge on any atom is -0.497 e. The van der Waals surface area contributed by atoms with Gasteiger partial charge in [-0.2, -0.15) is 0 Å². The predicted molar refractivity (Wildman–Crippen MR) is 87.2 cm³/mol. The van der Waals surface area contributed by atoms with Crippen molar-refractivity contribution in [3.05, 3.63) is 45.9 Å². The Balaban J connectivity index is 1.70. The molecule has 2 atom stereocenters. The molecule has 0 fully saturated rings. The van der Waals surface area contributed by atoms with E-state index in [4.69, 9.17) is 4.74 Å². The third-order valence-electron chi connectivity index (χ3n) is 4.21. The second kappa shape index (κ2) is 6.58. The van der Waals surface area contributed by atoms with E-state index in [1.807, 2.05) is 11.6 Å². The van der Waals surface area contributed by atoms with Gasteiger partial charge in [0.15, 0.2) is 0 Å². The minimum absolute atomic E-state index is 0.436. The van der Waals surface area contributed by atoms with Crippen molar-refractivity contribution in [3.63, 3.8) is 0 Å². The zero-order valence-corrected chi connectivity index (χ0v) is 13.5. The van der Waals surface area contributed by atoms with Crippen LogP contribution < -0.4 is 10.1 Å². The second-order valence-electron chi connectivity index (χ2n) is 5.69. The topological polar surface area (TPSA) is 34.1 Å². The average Bonchev–Trinajstić information content (AvgIpc) is 3.06. The van der Waals surface area contributed by atoms with E-state index in [9.17, 15) is 0 Å². The average molecular weight is 302 g/mol. The van der Waals surface area contributed by atoms with Gasteiger partial charge in [0, 0.05) is 30.1 Å². The van der Waals surface area contributed by atoms with Gasteiger partial charge < -0.3 is 10.1 Å². The van der Waals surface area contributed by atoms with Gasteiger partial charge in [-0.25, -0.2) is 4.98 Å². The molecule has 1 N–H and O–H groups in total. The van der Waals surface area contributed by atoms with Gasteiger partial charge >= 0.3 is 0 Å². The lowest BCUT2D eigenvalue weighted by Crippen LogP contribution is -2.28. The van der Waals surface area contributed by atoms with E-state index in [1.165, 1.54) is 35.4 Å². The van der Waals surface area contributed by atoms with E-state index < -0.39 is 0 Å². The summed E-state index contributed by atoms with van der Waals surface area (Å²) in [5.41, 5.74) is 2.87. The van der Waals surface area contributed by atoms with Crippen LogP contribution in [-0.4, -0.2) is 18.6 Å². The Morgan fingerprint density at radius 1 is 1.48 bits per heavy atom. The molecule has 21 heavy (non-hydrogen) atoms. The number of fused-ring (bicyclic) bond motifs is 1. The van der Waals surface area contributed by atoms with Gasteiger partial charge in [-0.3, -0.25) is 0 Å². The molecule has 2 aromatic rings. The van der Waals surface area contributed by atoms with E-state index in [0.717, 1.165) is 12.3 Å². The lowest BCUT2D eigenvalue weighted by atomic mass is 9.87. The number of benzene rings is 1. The zero-order chi connectivity index (χ0) is 14.7. The minimum atomic E-state index is 0.436. The number of methoxy groups -OCH3 is 1. The first-order valence-corrected chi connectivity index (χ1v) is 8.45. The summed E-state index contributed by atoms with van der Waals surface area (Å²) in [7, 11) is 1.73. The van der Waals surface area contributed by atoms with Gasteiger partial charge in [-0.15, -0.1) is 11.3 Å². The summed E-state index contributed by atoms with van der Waals surface area (Å²) < 4.78 is 5.38. The van der Waals surface area contributed by atoms with Crippen LogP contribution in [0.25, 0.3) is 0 Å². The lowest BCUT2D eigenvalue weighted by Gasteiger charge is -2.28. The molecule has 1 heterocycles. The van der Waals surface area contributed by atoms with E-state index in [0.29, 0.717) is 12.0 Å². The Bertz CT molecular complexity index is 582. The molecular formula is C17H22N2OS. The van der Waals surface area contributed by atoms with Gasteiger partial charge in [-0.05, 0) is 42.5 Å². The molecular weight excluding hydrogens is 280 g/mol. The van der Waals surface area contributed by atoms with Crippen LogP contribution in [0.5, 0.6) is 5.75 Å². The maximum Gasteiger partial charge on any atom is 0.119 e. The first-order valence-electron chi connectivity index (χ1n) is 7.57. The molecule has 112 valence electrons. The van der Waals surface area contributed by atoms with Crippen LogP contribution in [0.2, 0.25) is 0 Å². The second-order valence-corrected chi connectivity index (χ2v) is 6.62. The van der Waals surface area contributed by atoms with Gasteiger partial charge in [0.2, 0.25) is 0 Å². The number of aryl methyl sites for hydroxylation is 1. The molecule has 3 nitrogen and oxygen atoms in total. The van der Waals surface area contributed by atoms with Gasteiger partial charge in [0.1, 0.15) is 5.75 Å². The zero-order valence-electron chi connectivity index (χ0n) is 12.6. The summed E-state index contributed by atoms with van der Waals surface area (Å²) in [4.78, 5) is 4.41. The number of aromatic nitrogens is 1. The van der Waals surface area contributed by atoms with Crippen LogP contribution >= 0.6 is 11.3 Å². The van der Waals surface area contributed by atoms with Gasteiger partial charge in [0.25, 0.3) is 0 Å². The van der Waals surface area contributed by atoms with Crippen molar-refractivity contribution in [2.24, 2.45) is 0 Å². The fourth-order valence-electron chi connectivity index (χ4n) is 3.00. The Hall–Kier alpha value is -1.39. The largest absolute Gasteiger partial charge is 0.497 e. The Labute approximate surface area is 130 Å². The highest BCUT2D eigenvalue weighted by Crippen LogP contribution is 2.32. The van der Waals surface area contributed by atoms with Crippen molar-refractivity contribution in [3.8, 4) is 5.75 Å². The molecule has 1 aromatic heterocycles. The number of ether oxygens (including phenoxy) is 1. The van der Waals surface area contributed by atoms with Crippen molar-refractivity contribution in [2.45, 2.75) is 38.1 Å². The third-order valence-corrected chi connectivity index (χ3v) is 5.22. The highest BCUT2D eigenvalue weighted by atomic mass is 32.1. The van der Waals surface area contributed by atoms with Gasteiger partial charge in [0.05, 0.1) is 12.1 Å². The maximum atomic E-state index is 5.38. The first-order chi connectivity index (χ1) is 10.3. The molecule has 3 rings (SSSR count). The summed E-state index contributed by atoms with van der Waals surface area (Å²) in [6, 6.07) is 6.91. The van der Waals surface area contributed by atoms with Crippen LogP contribution in [0, 0.1) is 0 Å². The number of hydrogen-bond donors (Lipinski definition) is 1. The van der Waals surface area contributed by atoms with Crippen molar-refractivity contribution in [1.82, 2.24) is 10.3 Å². The van der Waals surface area contributed by atoms with Gasteiger partial charge in [-0.1, -0.05) is 13.0 Å². The molecule has 0 bridgehead atoms. The van der Waals surface area contributed by atoms with Crippen LogP contribution in [0.4, 0.5) is 0 Å². The molecule has 0 amide bonds. The van der Waals surface area contributed by atoms with E-state index in [-0.39, 0.29) is 0 Å². The Morgan fingerprint density at radius 3 is 3.14 bits per heavy atom. The summed E-state index contributed by atoms with van der Waals surface area (Å²) in [6.07, 6.45) is 5.52. The van der Waals surface area contributed by atoms with Crippen molar-refractivity contribution < 1.29 is 4.74 Å². The molecule has 0 spiro atoms. The number of rotatable bonds is 5. The Kier molecular flexibility index (Phi) is 4.56. The van der Waals surface area contributed by atoms with E-state index >= 15 is 0 Å². The fourth-order valence-corrected chi connectivity index (χ4v) is 3.70. The number of nitrogens with zero attached hydrogens (tertiary/aromatic N) is 1. The molecule has 0 radical (unpaired) electrons. The van der Waals surface area contributed by atoms with Crippen LogP contribution in [-0.2, 0) is 6.42 Å². The maximum absolute atomic E-state index is 5.38. The highest BCUT2D eigenvalue weighted by Gasteiger charge is 2.21. The van der Waals surface area contributed by atoms with Crippen molar-refractivity contribution in [1.29, 1.82) is 0 Å². The molecule has 0 saturated carbocycles. The quantitative estimate of drug-likeness (QED) is 0.909. The smallest absolute Gasteiger partial charge is 0.119 e. The van der Waals surface area contributed by atoms with Crippen LogP contribution in [0.15, 0.2) is 29.8 Å². The molecule has 2 unspecified atom stereocenters. The monoisotopic (exact) mass is 302 g/mol. The molecule has 1 aliphatic carbocycles. The lowest BCUT2D eigenvalue weighted by molar-refractivity contribution is 0.407. The molecule has 0 saturated heterocycles. The summed E-state index contributed by atoms with van der Waals surface area (Å²) in [6.45, 7) is 3.20. The van der Waals surface area contributed by atoms with Crippen molar-refractivity contribution in [2.75, 3.05) is 13.7 Å². The molecule has 1 aromatic carbocycles. The predicted octanol–water partition coefficient (Wildman–Crippen LogP) is 3.92.